The smallest absolute Gasteiger partial charge is 0.226 e. The van der Waals surface area contributed by atoms with Crippen LogP contribution in [0.4, 0.5) is 0 Å². The maximum absolute atomic E-state index is 12.7. The molecule has 0 unspecified atom stereocenters. The molecule has 1 aromatic carbocycles. The van der Waals surface area contributed by atoms with E-state index >= 15 is 0 Å². The number of benzene rings is 1. The minimum absolute atomic E-state index is 0.0875. The van der Waals surface area contributed by atoms with Crippen molar-refractivity contribution >= 4 is 16.9 Å². The fourth-order valence-electron chi connectivity index (χ4n) is 3.71. The third kappa shape index (κ3) is 3.57. The highest BCUT2D eigenvalue weighted by Gasteiger charge is 2.36. The lowest BCUT2D eigenvalue weighted by Crippen LogP contribution is -2.46. The van der Waals surface area contributed by atoms with Crippen LogP contribution < -0.4 is 0 Å². The first-order valence-corrected chi connectivity index (χ1v) is 9.31. The van der Waals surface area contributed by atoms with Crippen molar-refractivity contribution in [3.8, 4) is 0 Å². The number of aryl methyl sites for hydroxylation is 2. The van der Waals surface area contributed by atoms with E-state index in [-0.39, 0.29) is 5.91 Å². The van der Waals surface area contributed by atoms with Crippen LogP contribution in [0.25, 0.3) is 11.0 Å². The summed E-state index contributed by atoms with van der Waals surface area (Å²) in [6, 6.07) is 9.74. The molecule has 0 aliphatic carbocycles. The van der Waals surface area contributed by atoms with E-state index in [1.54, 1.807) is 6.20 Å². The summed E-state index contributed by atoms with van der Waals surface area (Å²) in [5.41, 5.74) is 3.65. The SMILES string of the molecule is Cc1ccc(C2(O)CCN(C(=O)Cc3ccc4nc(C)[nH]c4c3)CC2)nc1. The quantitative estimate of drug-likeness (QED) is 0.748. The molecule has 2 aromatic heterocycles. The number of H-pyrrole nitrogens is 1. The minimum Gasteiger partial charge on any atom is -0.383 e. The van der Waals surface area contributed by atoms with Crippen LogP contribution in [-0.4, -0.2) is 44.0 Å². The molecule has 0 spiro atoms. The number of rotatable bonds is 3. The molecule has 3 heterocycles. The van der Waals surface area contributed by atoms with Gasteiger partial charge in [0.05, 0.1) is 23.1 Å². The fraction of sp³-hybridized carbons (Fsp3) is 0.381. The Morgan fingerprint density at radius 2 is 2.00 bits per heavy atom. The van der Waals surface area contributed by atoms with Crippen LogP contribution in [0.3, 0.4) is 0 Å². The summed E-state index contributed by atoms with van der Waals surface area (Å²) in [6.45, 7) is 4.97. The van der Waals surface area contributed by atoms with Gasteiger partial charge in [-0.15, -0.1) is 0 Å². The Bertz CT molecular complexity index is 970. The summed E-state index contributed by atoms with van der Waals surface area (Å²) in [4.78, 5) is 26.5. The van der Waals surface area contributed by atoms with Crippen LogP contribution in [-0.2, 0) is 16.8 Å². The average molecular weight is 364 g/mol. The first-order valence-electron chi connectivity index (χ1n) is 9.31. The molecule has 0 atom stereocenters. The second-order valence-corrected chi connectivity index (χ2v) is 7.48. The number of piperidine rings is 1. The normalized spacial score (nSPS) is 16.6. The second-order valence-electron chi connectivity index (χ2n) is 7.48. The van der Waals surface area contributed by atoms with Crippen LogP contribution in [0.15, 0.2) is 36.5 Å². The lowest BCUT2D eigenvalue weighted by Gasteiger charge is -2.38. The van der Waals surface area contributed by atoms with E-state index in [1.807, 2.05) is 49.1 Å². The number of amides is 1. The van der Waals surface area contributed by atoms with Gasteiger partial charge in [-0.05, 0) is 56.0 Å². The molecule has 0 saturated carbocycles. The molecule has 1 amide bonds. The number of carbonyl (C=O) groups is 1. The molecule has 1 aliphatic heterocycles. The highest BCUT2D eigenvalue weighted by atomic mass is 16.3. The first-order chi connectivity index (χ1) is 12.9. The highest BCUT2D eigenvalue weighted by Crippen LogP contribution is 2.31. The van der Waals surface area contributed by atoms with Crippen LogP contribution in [0, 0.1) is 13.8 Å². The van der Waals surface area contributed by atoms with E-state index in [1.165, 1.54) is 0 Å². The number of aromatic nitrogens is 3. The summed E-state index contributed by atoms with van der Waals surface area (Å²) >= 11 is 0. The van der Waals surface area contributed by atoms with Gasteiger partial charge >= 0.3 is 0 Å². The zero-order valence-electron chi connectivity index (χ0n) is 15.7. The fourth-order valence-corrected chi connectivity index (χ4v) is 3.71. The lowest BCUT2D eigenvalue weighted by molar-refractivity contribution is -0.135. The summed E-state index contributed by atoms with van der Waals surface area (Å²) in [5, 5.41) is 10.9. The maximum atomic E-state index is 12.7. The Balaban J connectivity index is 1.41. The second kappa shape index (κ2) is 6.78. The number of aliphatic hydroxyl groups is 1. The third-order valence-electron chi connectivity index (χ3n) is 5.35. The summed E-state index contributed by atoms with van der Waals surface area (Å²) in [7, 11) is 0. The molecule has 3 aromatic rings. The number of hydrogen-bond acceptors (Lipinski definition) is 4. The molecule has 2 N–H and O–H groups in total. The number of imidazole rings is 1. The van der Waals surface area contributed by atoms with Gasteiger partial charge in [0, 0.05) is 19.3 Å². The van der Waals surface area contributed by atoms with Gasteiger partial charge < -0.3 is 15.0 Å². The van der Waals surface area contributed by atoms with Crippen LogP contribution in [0.2, 0.25) is 0 Å². The van der Waals surface area contributed by atoms with E-state index in [4.69, 9.17) is 0 Å². The number of likely N-dealkylation sites (tertiary alicyclic amines) is 1. The van der Waals surface area contributed by atoms with Crippen molar-refractivity contribution in [2.24, 2.45) is 0 Å². The molecule has 4 rings (SSSR count). The van der Waals surface area contributed by atoms with E-state index in [0.29, 0.717) is 38.0 Å². The largest absolute Gasteiger partial charge is 0.383 e. The Hall–Kier alpha value is -2.73. The number of aromatic amines is 1. The van der Waals surface area contributed by atoms with Crippen molar-refractivity contribution < 1.29 is 9.90 Å². The standard InChI is InChI=1S/C21H24N4O2/c1-14-3-6-19(22-13-14)21(27)7-9-25(10-8-21)20(26)12-16-4-5-17-18(11-16)24-15(2)23-17/h3-6,11,13,27H,7-10,12H2,1-2H3,(H,23,24). The minimum atomic E-state index is -0.948. The Morgan fingerprint density at radius 3 is 2.70 bits per heavy atom. The van der Waals surface area contributed by atoms with E-state index < -0.39 is 5.60 Å². The van der Waals surface area contributed by atoms with Crippen molar-refractivity contribution in [1.29, 1.82) is 0 Å². The molecule has 1 saturated heterocycles. The Morgan fingerprint density at radius 1 is 1.22 bits per heavy atom. The predicted octanol–water partition coefficient (Wildman–Crippen LogP) is 2.63. The van der Waals surface area contributed by atoms with Gasteiger partial charge in [0.25, 0.3) is 0 Å². The number of nitrogens with zero attached hydrogens (tertiary/aromatic N) is 3. The Kier molecular flexibility index (Phi) is 4.44. The van der Waals surface area contributed by atoms with Gasteiger partial charge in [0.15, 0.2) is 0 Å². The number of nitrogens with one attached hydrogen (secondary N) is 1. The van der Waals surface area contributed by atoms with Gasteiger partial charge in [0.1, 0.15) is 11.4 Å². The molecule has 140 valence electrons. The summed E-state index contributed by atoms with van der Waals surface area (Å²) in [6.07, 6.45) is 3.15. The molecule has 1 fully saturated rings. The van der Waals surface area contributed by atoms with Gasteiger partial charge in [0.2, 0.25) is 5.91 Å². The van der Waals surface area contributed by atoms with Crippen LogP contribution in [0.5, 0.6) is 0 Å². The molecule has 6 heteroatoms. The van der Waals surface area contributed by atoms with E-state index in [0.717, 1.165) is 28.0 Å². The molecule has 6 nitrogen and oxygen atoms in total. The van der Waals surface area contributed by atoms with Gasteiger partial charge in [-0.2, -0.15) is 0 Å². The molecule has 1 aliphatic rings. The molecular weight excluding hydrogens is 340 g/mol. The first kappa shape index (κ1) is 17.7. The van der Waals surface area contributed by atoms with Crippen LogP contribution >= 0.6 is 0 Å². The van der Waals surface area contributed by atoms with Crippen molar-refractivity contribution in [3.05, 3.63) is 59.2 Å². The topological polar surface area (TPSA) is 82.1 Å². The number of hydrogen-bond donors (Lipinski definition) is 2. The van der Waals surface area contributed by atoms with Crippen LogP contribution in [0.1, 0.15) is 35.5 Å². The lowest BCUT2D eigenvalue weighted by atomic mass is 9.87. The summed E-state index contributed by atoms with van der Waals surface area (Å²) < 4.78 is 0. The average Bonchev–Trinajstić information content (AvgIpc) is 3.02. The summed E-state index contributed by atoms with van der Waals surface area (Å²) in [5.74, 6) is 0.956. The van der Waals surface area contributed by atoms with E-state index in [9.17, 15) is 9.90 Å². The zero-order chi connectivity index (χ0) is 19.0. The zero-order valence-corrected chi connectivity index (χ0v) is 15.7. The number of carbonyl (C=O) groups excluding carboxylic acids is 1. The maximum Gasteiger partial charge on any atom is 0.226 e. The molecule has 27 heavy (non-hydrogen) atoms. The van der Waals surface area contributed by atoms with Crippen molar-refractivity contribution in [3.63, 3.8) is 0 Å². The third-order valence-corrected chi connectivity index (χ3v) is 5.35. The van der Waals surface area contributed by atoms with Crippen molar-refractivity contribution in [1.82, 2.24) is 19.9 Å². The molecular formula is C21H24N4O2. The monoisotopic (exact) mass is 364 g/mol. The van der Waals surface area contributed by atoms with Crippen molar-refractivity contribution in [2.75, 3.05) is 13.1 Å². The molecule has 0 bridgehead atoms. The van der Waals surface area contributed by atoms with Gasteiger partial charge in [-0.1, -0.05) is 12.1 Å². The van der Waals surface area contributed by atoms with E-state index in [2.05, 4.69) is 15.0 Å². The predicted molar refractivity (Wildman–Crippen MR) is 103 cm³/mol. The van der Waals surface area contributed by atoms with Gasteiger partial charge in [-0.25, -0.2) is 4.98 Å². The van der Waals surface area contributed by atoms with Crippen molar-refractivity contribution in [2.45, 2.75) is 38.7 Å². The Labute approximate surface area is 158 Å². The number of pyridine rings is 1. The van der Waals surface area contributed by atoms with Gasteiger partial charge in [-0.3, -0.25) is 9.78 Å². The number of fused-ring (bicyclic) bond motifs is 1. The molecule has 0 radical (unpaired) electrons. The highest BCUT2D eigenvalue weighted by molar-refractivity contribution is 5.82.